The summed E-state index contributed by atoms with van der Waals surface area (Å²) < 4.78 is 0. The molecular weight excluding hydrogens is 268 g/mol. The summed E-state index contributed by atoms with van der Waals surface area (Å²) in [5, 5.41) is 0. The molecule has 0 aliphatic heterocycles. The number of hydrogen-bond donors (Lipinski definition) is 0. The van der Waals surface area contributed by atoms with Crippen LogP contribution in [0.25, 0.3) is 0 Å². The molecule has 1 aliphatic rings. The van der Waals surface area contributed by atoms with Crippen LogP contribution in [0.1, 0.15) is 0 Å². The van der Waals surface area contributed by atoms with E-state index in [2.05, 4.69) is 76.7 Å². The Balaban J connectivity index is 3.03. The molecule has 0 spiro atoms. The van der Waals surface area contributed by atoms with Crippen LogP contribution in [0.5, 0.6) is 0 Å². The lowest BCUT2D eigenvalue weighted by Gasteiger charge is -2.48. The van der Waals surface area contributed by atoms with Crippen LogP contribution in [0, 0.1) is 0 Å². The van der Waals surface area contributed by atoms with Crippen LogP contribution in [0.15, 0.2) is 24.3 Å². The molecule has 0 aromatic carbocycles. The van der Waals surface area contributed by atoms with Crippen molar-refractivity contribution in [2.24, 2.45) is 0 Å². The van der Waals surface area contributed by atoms with E-state index in [9.17, 15) is 0 Å². The third-order valence-electron chi connectivity index (χ3n) is 5.25. The van der Waals surface area contributed by atoms with Crippen molar-refractivity contribution in [1.82, 2.24) is 0 Å². The van der Waals surface area contributed by atoms with Gasteiger partial charge in [-0.25, -0.2) is 0 Å². The summed E-state index contributed by atoms with van der Waals surface area (Å²) in [7, 11) is -3.17. The first-order chi connectivity index (χ1) is 7.51. The van der Waals surface area contributed by atoms with E-state index in [1.54, 1.807) is 0 Å². The Kier molecular flexibility index (Phi) is 4.34. The maximum absolute atomic E-state index is 2.71. The highest BCUT2D eigenvalue weighted by molar-refractivity contribution is 7.77. The van der Waals surface area contributed by atoms with Crippen molar-refractivity contribution >= 4 is 30.1 Å². The Morgan fingerprint density at radius 2 is 1.24 bits per heavy atom. The first-order valence-electron chi connectivity index (χ1n) is 6.71. The fraction of sp³-hybridized carbons (Fsp3) is 0.692. The summed E-state index contributed by atoms with van der Waals surface area (Å²) in [6, 6.07) is 0. The Hall–Kier alpha value is 0.348. The molecule has 0 saturated heterocycles. The molecule has 0 unspecified atom stereocenters. The molecule has 4 heteroatoms. The van der Waals surface area contributed by atoms with Gasteiger partial charge in [-0.1, -0.05) is 76.7 Å². The normalized spacial score (nSPS) is 18.4. The monoisotopic (exact) mass is 297 g/mol. The van der Waals surface area contributed by atoms with Crippen LogP contribution in [-0.2, 0) is 0 Å². The molecule has 0 N–H and O–H groups in total. The molecule has 97 valence electrons. The smallest absolute Gasteiger partial charge is 0.0499 e. The van der Waals surface area contributed by atoms with Gasteiger partial charge in [-0.05, 0) is 5.54 Å². The van der Waals surface area contributed by atoms with Crippen LogP contribution in [0.3, 0.4) is 0 Å². The van der Waals surface area contributed by atoms with Crippen LogP contribution in [-0.4, -0.2) is 30.1 Å². The van der Waals surface area contributed by atoms with Gasteiger partial charge in [0.15, 0.2) is 0 Å². The van der Waals surface area contributed by atoms with E-state index in [0.717, 1.165) is 5.54 Å². The molecule has 0 atom stereocenters. The number of rotatable bonds is 4. The zero-order valence-corrected chi connectivity index (χ0v) is 16.9. The summed E-state index contributed by atoms with van der Waals surface area (Å²) in [6.45, 7) is 21.2. The first-order valence-corrected chi connectivity index (χ1v) is 21.3. The second-order valence-corrected chi connectivity index (χ2v) is 44.0. The van der Waals surface area contributed by atoms with Gasteiger partial charge in [-0.2, -0.15) is 0 Å². The van der Waals surface area contributed by atoms with Crippen molar-refractivity contribution < 1.29 is 0 Å². The van der Waals surface area contributed by atoms with Gasteiger partial charge in [0.05, 0.1) is 0 Å². The summed E-state index contributed by atoms with van der Waals surface area (Å²) in [6.07, 6.45) is 9.47. The molecular formula is C13H29Si4. The van der Waals surface area contributed by atoms with E-state index in [0.29, 0.717) is 0 Å². The topological polar surface area (TPSA) is 0 Å². The molecule has 1 radical (unpaired) electrons. The van der Waals surface area contributed by atoms with Crippen LogP contribution < -0.4 is 0 Å². The van der Waals surface area contributed by atoms with Crippen molar-refractivity contribution in [3.63, 3.8) is 0 Å². The molecule has 0 aromatic heterocycles. The van der Waals surface area contributed by atoms with E-state index in [1.807, 2.05) is 0 Å². The van der Waals surface area contributed by atoms with Crippen molar-refractivity contribution in [3.8, 4) is 0 Å². The number of hydrogen-bond acceptors (Lipinski definition) is 0. The van der Waals surface area contributed by atoms with Gasteiger partial charge in [0.25, 0.3) is 0 Å². The van der Waals surface area contributed by atoms with E-state index < -0.39 is 22.3 Å². The molecule has 0 bridgehead atoms. The highest BCUT2D eigenvalue weighted by Gasteiger charge is 2.51. The molecule has 1 rings (SSSR count). The molecule has 0 fully saturated rings. The Morgan fingerprint density at radius 3 is 1.59 bits per heavy atom. The highest BCUT2D eigenvalue weighted by atomic mass is 29.8. The van der Waals surface area contributed by atoms with Crippen molar-refractivity contribution in [2.45, 2.75) is 57.9 Å². The maximum atomic E-state index is 2.71. The van der Waals surface area contributed by atoms with Crippen LogP contribution in [0.4, 0.5) is 0 Å². The summed E-state index contributed by atoms with van der Waals surface area (Å²) >= 11 is 0. The second-order valence-electron chi connectivity index (χ2n) is 7.52. The minimum atomic E-state index is -1.13. The Morgan fingerprint density at radius 1 is 0.824 bits per heavy atom. The van der Waals surface area contributed by atoms with E-state index in [-0.39, 0.29) is 7.83 Å². The predicted octanol–water partition coefficient (Wildman–Crippen LogP) is 4.60. The molecule has 0 saturated carbocycles. The fourth-order valence-electron chi connectivity index (χ4n) is 2.75. The van der Waals surface area contributed by atoms with Crippen molar-refractivity contribution in [2.75, 3.05) is 0 Å². The zero-order valence-electron chi connectivity index (χ0n) is 12.9. The van der Waals surface area contributed by atoms with Crippen molar-refractivity contribution in [3.05, 3.63) is 24.3 Å². The Labute approximate surface area is 112 Å². The second kappa shape index (κ2) is 4.79. The summed E-state index contributed by atoms with van der Waals surface area (Å²) in [4.78, 5) is 0. The molecule has 0 nitrogen and oxygen atoms in total. The largest absolute Gasteiger partial charge is 0.0806 e. The van der Waals surface area contributed by atoms with Crippen molar-refractivity contribution in [1.29, 1.82) is 0 Å². The van der Waals surface area contributed by atoms with Crippen LogP contribution in [0.2, 0.25) is 57.9 Å². The van der Waals surface area contributed by atoms with Gasteiger partial charge in [0, 0.05) is 30.1 Å². The summed E-state index contributed by atoms with van der Waals surface area (Å²) in [5.41, 5.74) is 0.820. The molecule has 0 aromatic rings. The van der Waals surface area contributed by atoms with Gasteiger partial charge in [-0.3, -0.25) is 0 Å². The Bertz CT molecular complexity index is 322. The average Bonchev–Trinajstić information content (AvgIpc) is 2.67. The molecule has 17 heavy (non-hydrogen) atoms. The molecule has 0 heterocycles. The van der Waals surface area contributed by atoms with E-state index in [4.69, 9.17) is 0 Å². The number of allylic oxidation sites excluding steroid dienone is 4. The van der Waals surface area contributed by atoms with Crippen LogP contribution >= 0.6 is 0 Å². The van der Waals surface area contributed by atoms with E-state index in [1.165, 1.54) is 0 Å². The SMILES string of the molecule is C[Si]([Si](C)(C)C)[Si](C)(C)[Si](C)(C)C1C=CC=C1. The summed E-state index contributed by atoms with van der Waals surface area (Å²) in [5.74, 6) is 0. The minimum Gasteiger partial charge on any atom is -0.0806 e. The first kappa shape index (κ1) is 15.4. The lowest BCUT2D eigenvalue weighted by molar-refractivity contribution is 1.32. The van der Waals surface area contributed by atoms with Gasteiger partial charge in [-0.15, -0.1) is 0 Å². The zero-order chi connectivity index (χ0) is 13.5. The standard InChI is InChI=1S/C13H29Si4/c1-14(15(2,3)4)17(7,8)16(5,6)13-11-9-10-12-13/h9-13H,1-8H3. The van der Waals surface area contributed by atoms with Gasteiger partial charge in [0.1, 0.15) is 0 Å². The quantitative estimate of drug-likeness (QED) is 0.665. The average molecular weight is 298 g/mol. The fourth-order valence-corrected chi connectivity index (χ4v) is 65.1. The predicted molar refractivity (Wildman–Crippen MR) is 92.0 cm³/mol. The molecule has 1 aliphatic carbocycles. The third-order valence-corrected chi connectivity index (χ3v) is 61.5. The van der Waals surface area contributed by atoms with Gasteiger partial charge in [0.2, 0.25) is 0 Å². The van der Waals surface area contributed by atoms with Gasteiger partial charge >= 0.3 is 0 Å². The minimum absolute atomic E-state index is 0.103. The van der Waals surface area contributed by atoms with Gasteiger partial charge < -0.3 is 0 Å². The lowest BCUT2D eigenvalue weighted by Crippen LogP contribution is -2.71. The highest BCUT2D eigenvalue weighted by Crippen LogP contribution is 2.38. The third kappa shape index (κ3) is 2.85. The lowest BCUT2D eigenvalue weighted by atomic mass is 10.5. The maximum Gasteiger partial charge on any atom is 0.0499 e. The van der Waals surface area contributed by atoms with E-state index >= 15 is 0 Å². The molecule has 0 amide bonds.